The van der Waals surface area contributed by atoms with Crippen LogP contribution in [0.15, 0.2) is 18.2 Å². The normalized spacial score (nSPS) is 9.94. The molecule has 0 saturated carbocycles. The number of phenolic OH excluding ortho intramolecular Hbond substituents is 1. The summed E-state index contributed by atoms with van der Waals surface area (Å²) in [5.41, 5.74) is 0.253. The van der Waals surface area contributed by atoms with Gasteiger partial charge in [0.25, 0.3) is 5.91 Å². The second-order valence-electron chi connectivity index (χ2n) is 3.27. The predicted molar refractivity (Wildman–Crippen MR) is 65.4 cm³/mol. The molecule has 0 radical (unpaired) electrons. The number of aromatic hydroxyl groups is 1. The van der Waals surface area contributed by atoms with Crippen LogP contribution in [0.2, 0.25) is 0 Å². The number of benzene rings is 1. The van der Waals surface area contributed by atoms with Gasteiger partial charge < -0.3 is 14.7 Å². The molecule has 1 amide bonds. The van der Waals surface area contributed by atoms with E-state index < -0.39 is 0 Å². The minimum Gasteiger partial charge on any atom is -0.504 e. The summed E-state index contributed by atoms with van der Waals surface area (Å²) < 4.78 is 4.95. The SMILES string of the molecule is COc1cccc(C(=O)N(C)CCBr)c1O. The third-order valence-corrected chi connectivity index (χ3v) is 2.57. The van der Waals surface area contributed by atoms with Crippen LogP contribution >= 0.6 is 15.9 Å². The maximum Gasteiger partial charge on any atom is 0.257 e. The van der Waals surface area contributed by atoms with Crippen molar-refractivity contribution < 1.29 is 14.6 Å². The number of amides is 1. The first kappa shape index (κ1) is 12.8. The number of carbonyl (C=O) groups excluding carboxylic acids is 1. The number of ether oxygens (including phenoxy) is 1. The third-order valence-electron chi connectivity index (χ3n) is 2.22. The average molecular weight is 288 g/mol. The standard InChI is InChI=1S/C11H14BrNO3/c1-13(7-6-12)11(15)8-4-3-5-9(16-2)10(8)14/h3-5,14H,6-7H2,1-2H3. The second kappa shape index (κ2) is 5.75. The van der Waals surface area contributed by atoms with E-state index in [9.17, 15) is 9.90 Å². The molecule has 4 nitrogen and oxygen atoms in total. The molecule has 0 saturated heterocycles. The minimum absolute atomic E-state index is 0.114. The number of hydrogen-bond donors (Lipinski definition) is 1. The van der Waals surface area contributed by atoms with Crippen LogP contribution in [0.4, 0.5) is 0 Å². The lowest BCUT2D eigenvalue weighted by molar-refractivity contribution is 0.0800. The highest BCUT2D eigenvalue weighted by Crippen LogP contribution is 2.29. The number of hydrogen-bond acceptors (Lipinski definition) is 3. The van der Waals surface area contributed by atoms with Crippen LogP contribution in [0, 0.1) is 0 Å². The minimum atomic E-state index is -0.226. The van der Waals surface area contributed by atoms with Crippen LogP contribution in [0.3, 0.4) is 0 Å². The number of para-hydroxylation sites is 1. The zero-order valence-corrected chi connectivity index (χ0v) is 10.8. The number of phenols is 1. The zero-order valence-electron chi connectivity index (χ0n) is 9.24. The van der Waals surface area contributed by atoms with Gasteiger partial charge in [0.05, 0.1) is 12.7 Å². The third kappa shape index (κ3) is 2.66. The van der Waals surface area contributed by atoms with Crippen molar-refractivity contribution >= 4 is 21.8 Å². The summed E-state index contributed by atoms with van der Waals surface area (Å²) in [5.74, 6) is -0.0367. The Morgan fingerprint density at radius 1 is 1.56 bits per heavy atom. The van der Waals surface area contributed by atoms with E-state index in [1.165, 1.54) is 12.0 Å². The highest BCUT2D eigenvalue weighted by Gasteiger charge is 2.17. The van der Waals surface area contributed by atoms with Crippen molar-refractivity contribution in [2.24, 2.45) is 0 Å². The Kier molecular flexibility index (Phi) is 4.61. The first-order valence-corrected chi connectivity index (χ1v) is 5.91. The first-order chi connectivity index (χ1) is 7.61. The lowest BCUT2D eigenvalue weighted by Crippen LogP contribution is -2.28. The molecule has 1 rings (SSSR count). The molecule has 0 aliphatic heterocycles. The van der Waals surface area contributed by atoms with Crippen LogP contribution in [-0.2, 0) is 0 Å². The molecule has 1 N–H and O–H groups in total. The molecule has 88 valence electrons. The average Bonchev–Trinajstić information content (AvgIpc) is 2.29. The van der Waals surface area contributed by atoms with Gasteiger partial charge in [-0.05, 0) is 12.1 Å². The van der Waals surface area contributed by atoms with E-state index in [2.05, 4.69) is 15.9 Å². The Morgan fingerprint density at radius 2 is 2.25 bits per heavy atom. The van der Waals surface area contributed by atoms with E-state index in [4.69, 9.17) is 4.74 Å². The smallest absolute Gasteiger partial charge is 0.257 e. The van der Waals surface area contributed by atoms with Crippen molar-refractivity contribution in [1.29, 1.82) is 0 Å². The summed E-state index contributed by atoms with van der Waals surface area (Å²) >= 11 is 3.26. The van der Waals surface area contributed by atoms with Crippen molar-refractivity contribution in [3.63, 3.8) is 0 Å². The van der Waals surface area contributed by atoms with E-state index in [-0.39, 0.29) is 17.2 Å². The molecule has 0 aliphatic carbocycles. The Balaban J connectivity index is 2.99. The van der Waals surface area contributed by atoms with Crippen molar-refractivity contribution in [1.82, 2.24) is 4.90 Å². The number of methoxy groups -OCH3 is 1. The first-order valence-electron chi connectivity index (χ1n) is 4.79. The molecule has 0 atom stereocenters. The number of alkyl halides is 1. The Labute approximate surface area is 103 Å². The van der Waals surface area contributed by atoms with E-state index in [1.54, 1.807) is 25.2 Å². The van der Waals surface area contributed by atoms with E-state index in [0.29, 0.717) is 17.6 Å². The molecular formula is C11H14BrNO3. The summed E-state index contributed by atoms with van der Waals surface area (Å²) in [6, 6.07) is 4.86. The lowest BCUT2D eigenvalue weighted by Gasteiger charge is -2.17. The number of carbonyl (C=O) groups is 1. The highest BCUT2D eigenvalue weighted by atomic mass is 79.9. The highest BCUT2D eigenvalue weighted by molar-refractivity contribution is 9.09. The van der Waals surface area contributed by atoms with Crippen LogP contribution in [0.5, 0.6) is 11.5 Å². The molecule has 0 aliphatic rings. The summed E-state index contributed by atoms with van der Waals surface area (Å²) in [7, 11) is 3.13. The lowest BCUT2D eigenvalue weighted by atomic mass is 10.1. The molecule has 1 aromatic carbocycles. The van der Waals surface area contributed by atoms with E-state index >= 15 is 0 Å². The maximum atomic E-state index is 11.9. The number of nitrogens with zero attached hydrogens (tertiary/aromatic N) is 1. The molecule has 0 aromatic heterocycles. The molecule has 0 bridgehead atoms. The summed E-state index contributed by atoms with van der Waals surface area (Å²) in [4.78, 5) is 13.4. The molecule has 0 heterocycles. The van der Waals surface area contributed by atoms with Gasteiger partial charge in [0.15, 0.2) is 11.5 Å². The molecule has 5 heteroatoms. The predicted octanol–water partition coefficient (Wildman–Crippen LogP) is 1.87. The zero-order chi connectivity index (χ0) is 12.1. The van der Waals surface area contributed by atoms with Gasteiger partial charge in [-0.3, -0.25) is 4.79 Å². The van der Waals surface area contributed by atoms with Gasteiger partial charge in [-0.25, -0.2) is 0 Å². The van der Waals surface area contributed by atoms with Crippen LogP contribution in [-0.4, -0.2) is 41.9 Å². The maximum absolute atomic E-state index is 11.9. The summed E-state index contributed by atoms with van der Waals surface area (Å²) in [6.07, 6.45) is 0. The second-order valence-corrected chi connectivity index (χ2v) is 4.07. The van der Waals surface area contributed by atoms with E-state index in [1.807, 2.05) is 0 Å². The van der Waals surface area contributed by atoms with Crippen LogP contribution in [0.25, 0.3) is 0 Å². The molecule has 0 spiro atoms. The van der Waals surface area contributed by atoms with Gasteiger partial charge in [-0.15, -0.1) is 0 Å². The number of rotatable bonds is 4. The van der Waals surface area contributed by atoms with Crippen molar-refractivity contribution in [2.45, 2.75) is 0 Å². The molecule has 1 aromatic rings. The van der Waals surface area contributed by atoms with Crippen molar-refractivity contribution in [3.8, 4) is 11.5 Å². The molecule has 16 heavy (non-hydrogen) atoms. The fourth-order valence-corrected chi connectivity index (χ4v) is 1.83. The van der Waals surface area contributed by atoms with E-state index in [0.717, 1.165) is 0 Å². The monoisotopic (exact) mass is 287 g/mol. The van der Waals surface area contributed by atoms with Crippen LogP contribution in [0.1, 0.15) is 10.4 Å². The van der Waals surface area contributed by atoms with Crippen molar-refractivity contribution in [3.05, 3.63) is 23.8 Å². The fraction of sp³-hybridized carbons (Fsp3) is 0.364. The topological polar surface area (TPSA) is 49.8 Å². The van der Waals surface area contributed by atoms with Crippen LogP contribution < -0.4 is 4.74 Å². The summed E-state index contributed by atoms with van der Waals surface area (Å²) in [6.45, 7) is 0.579. The van der Waals surface area contributed by atoms with Gasteiger partial charge in [-0.1, -0.05) is 22.0 Å². The molecule has 0 fully saturated rings. The van der Waals surface area contributed by atoms with Gasteiger partial charge in [0.1, 0.15) is 0 Å². The van der Waals surface area contributed by atoms with Gasteiger partial charge >= 0.3 is 0 Å². The Bertz CT molecular complexity index is 381. The Hall–Kier alpha value is -1.23. The fourth-order valence-electron chi connectivity index (χ4n) is 1.29. The van der Waals surface area contributed by atoms with Gasteiger partial charge in [0, 0.05) is 18.9 Å². The quantitative estimate of drug-likeness (QED) is 0.860. The Morgan fingerprint density at radius 3 is 2.81 bits per heavy atom. The number of halogens is 1. The van der Waals surface area contributed by atoms with Gasteiger partial charge in [0.2, 0.25) is 0 Å². The summed E-state index contributed by atoms with van der Waals surface area (Å²) in [5, 5.41) is 10.5. The molecular weight excluding hydrogens is 274 g/mol. The van der Waals surface area contributed by atoms with Gasteiger partial charge in [-0.2, -0.15) is 0 Å². The molecule has 0 unspecified atom stereocenters. The largest absolute Gasteiger partial charge is 0.504 e. The van der Waals surface area contributed by atoms with Crippen molar-refractivity contribution in [2.75, 3.05) is 26.0 Å².